The topological polar surface area (TPSA) is 9.23 Å². The quantitative estimate of drug-likeness (QED) is 0.509. The first kappa shape index (κ1) is 14.6. The predicted octanol–water partition coefficient (Wildman–Crippen LogP) is 5.33. The van der Waals surface area contributed by atoms with Crippen LogP contribution < -0.4 is 4.74 Å². The summed E-state index contributed by atoms with van der Waals surface area (Å²) in [4.78, 5) is 0.470. The van der Waals surface area contributed by atoms with Gasteiger partial charge in [0, 0.05) is 4.83 Å². The number of unbranched alkanes of at least 4 members (excludes halogenated alkanes) is 2. The minimum atomic E-state index is 0.470. The van der Waals surface area contributed by atoms with Crippen LogP contribution in [0.15, 0.2) is 12.1 Å². The predicted molar refractivity (Wildman–Crippen MR) is 78.3 cm³/mol. The molecule has 0 saturated carbocycles. The molecule has 0 radical (unpaired) electrons. The van der Waals surface area contributed by atoms with Gasteiger partial charge in [-0.3, -0.25) is 0 Å². The Morgan fingerprint density at radius 2 is 1.76 bits per heavy atom. The van der Waals surface area contributed by atoms with E-state index < -0.39 is 0 Å². The highest BCUT2D eigenvalue weighted by Gasteiger charge is 2.11. The minimum absolute atomic E-state index is 0.470. The number of hydrogen-bond acceptors (Lipinski definition) is 1. The van der Waals surface area contributed by atoms with Gasteiger partial charge < -0.3 is 4.74 Å². The van der Waals surface area contributed by atoms with E-state index in [1.54, 1.807) is 7.11 Å². The Hall–Kier alpha value is -0.500. The molecule has 0 bridgehead atoms. The van der Waals surface area contributed by atoms with E-state index in [4.69, 9.17) is 4.74 Å². The number of benzene rings is 1. The van der Waals surface area contributed by atoms with E-state index >= 15 is 0 Å². The van der Waals surface area contributed by atoms with Gasteiger partial charge in [0.1, 0.15) is 5.75 Å². The third kappa shape index (κ3) is 4.02. The van der Waals surface area contributed by atoms with E-state index in [0.29, 0.717) is 4.83 Å². The fourth-order valence-electron chi connectivity index (χ4n) is 2.23. The van der Waals surface area contributed by atoms with Crippen molar-refractivity contribution in [3.63, 3.8) is 0 Å². The number of hydrogen-bond donors (Lipinski definition) is 0. The molecule has 0 aliphatic rings. The average molecular weight is 299 g/mol. The summed E-state index contributed by atoms with van der Waals surface area (Å²) in [7, 11) is 1.74. The first-order valence-corrected chi connectivity index (χ1v) is 7.30. The van der Waals surface area contributed by atoms with Crippen LogP contribution in [0.4, 0.5) is 0 Å². The van der Waals surface area contributed by atoms with Gasteiger partial charge in [-0.15, -0.1) is 0 Å². The first-order valence-electron chi connectivity index (χ1n) is 6.39. The molecule has 0 amide bonds. The highest BCUT2D eigenvalue weighted by molar-refractivity contribution is 9.09. The van der Waals surface area contributed by atoms with Crippen molar-refractivity contribution in [1.29, 1.82) is 0 Å². The summed E-state index contributed by atoms with van der Waals surface area (Å²) in [6.45, 7) is 6.47. The number of ether oxygens (including phenoxy) is 1. The van der Waals surface area contributed by atoms with Crippen LogP contribution in [-0.2, 0) is 0 Å². The van der Waals surface area contributed by atoms with E-state index in [2.05, 4.69) is 48.8 Å². The van der Waals surface area contributed by atoms with E-state index in [1.165, 1.54) is 42.4 Å². The van der Waals surface area contributed by atoms with Gasteiger partial charge in [-0.05, 0) is 37.0 Å². The van der Waals surface area contributed by atoms with Crippen LogP contribution in [0.5, 0.6) is 5.75 Å². The second kappa shape index (κ2) is 7.05. The minimum Gasteiger partial charge on any atom is -0.496 e. The molecule has 0 saturated heterocycles. The van der Waals surface area contributed by atoms with Crippen LogP contribution in [0.1, 0.15) is 54.1 Å². The number of halogens is 1. The van der Waals surface area contributed by atoms with Crippen molar-refractivity contribution < 1.29 is 4.74 Å². The van der Waals surface area contributed by atoms with E-state index in [-0.39, 0.29) is 0 Å². The summed E-state index contributed by atoms with van der Waals surface area (Å²) < 4.78 is 5.39. The lowest BCUT2D eigenvalue weighted by atomic mass is 10.0. The zero-order valence-corrected chi connectivity index (χ0v) is 12.9. The molecule has 0 aromatic heterocycles. The Labute approximate surface area is 114 Å². The molecule has 1 nitrogen and oxygen atoms in total. The zero-order valence-electron chi connectivity index (χ0n) is 11.3. The van der Waals surface area contributed by atoms with Gasteiger partial charge in [0.2, 0.25) is 0 Å². The van der Waals surface area contributed by atoms with Gasteiger partial charge in [-0.2, -0.15) is 0 Å². The van der Waals surface area contributed by atoms with Gasteiger partial charge in [-0.25, -0.2) is 0 Å². The van der Waals surface area contributed by atoms with Gasteiger partial charge in [0.25, 0.3) is 0 Å². The number of aryl methyl sites for hydroxylation is 2. The fourth-order valence-corrected chi connectivity index (χ4v) is 2.81. The number of methoxy groups -OCH3 is 1. The van der Waals surface area contributed by atoms with Gasteiger partial charge >= 0.3 is 0 Å². The maximum Gasteiger partial charge on any atom is 0.124 e. The Morgan fingerprint density at radius 3 is 2.24 bits per heavy atom. The molecule has 96 valence electrons. The van der Waals surface area contributed by atoms with Crippen molar-refractivity contribution in [2.24, 2.45) is 0 Å². The third-order valence-corrected chi connectivity index (χ3v) is 4.10. The summed E-state index contributed by atoms with van der Waals surface area (Å²) in [6, 6.07) is 4.47. The number of rotatable bonds is 6. The third-order valence-electron chi connectivity index (χ3n) is 3.11. The van der Waals surface area contributed by atoms with Crippen LogP contribution >= 0.6 is 15.9 Å². The zero-order chi connectivity index (χ0) is 12.8. The lowest BCUT2D eigenvalue weighted by Gasteiger charge is -2.15. The molecule has 1 atom stereocenters. The monoisotopic (exact) mass is 298 g/mol. The summed E-state index contributed by atoms with van der Waals surface area (Å²) in [5, 5.41) is 0. The van der Waals surface area contributed by atoms with Crippen LogP contribution in [-0.4, -0.2) is 7.11 Å². The van der Waals surface area contributed by atoms with Gasteiger partial charge in [0.15, 0.2) is 0 Å². The molecule has 0 spiro atoms. The summed E-state index contributed by atoms with van der Waals surface area (Å²) >= 11 is 3.79. The molecule has 0 fully saturated rings. The molecule has 17 heavy (non-hydrogen) atoms. The van der Waals surface area contributed by atoms with Crippen LogP contribution in [0.25, 0.3) is 0 Å². The molecule has 0 aliphatic heterocycles. The van der Waals surface area contributed by atoms with Crippen molar-refractivity contribution in [2.45, 2.75) is 51.3 Å². The SMILES string of the molecule is CCCCCC(Br)c1cc(C)c(OC)c(C)c1. The second-order valence-electron chi connectivity index (χ2n) is 4.65. The van der Waals surface area contributed by atoms with E-state index in [0.717, 1.165) is 5.75 Å². The van der Waals surface area contributed by atoms with Crippen LogP contribution in [0.3, 0.4) is 0 Å². The Balaban J connectivity index is 2.77. The normalized spacial score (nSPS) is 12.5. The molecule has 1 aromatic rings. The summed E-state index contributed by atoms with van der Waals surface area (Å²) in [5.74, 6) is 1.02. The highest BCUT2D eigenvalue weighted by Crippen LogP contribution is 2.33. The van der Waals surface area contributed by atoms with Crippen molar-refractivity contribution in [1.82, 2.24) is 0 Å². The fraction of sp³-hybridized carbons (Fsp3) is 0.600. The van der Waals surface area contributed by atoms with Gasteiger partial charge in [-0.1, -0.05) is 54.2 Å². The largest absolute Gasteiger partial charge is 0.496 e. The van der Waals surface area contributed by atoms with Gasteiger partial charge in [0.05, 0.1) is 7.11 Å². The average Bonchev–Trinajstić information content (AvgIpc) is 2.28. The summed E-state index contributed by atoms with van der Waals surface area (Å²) in [6.07, 6.45) is 5.09. The van der Waals surface area contributed by atoms with Crippen LogP contribution in [0, 0.1) is 13.8 Å². The molecule has 1 aromatic carbocycles. The molecule has 2 heteroatoms. The molecule has 1 unspecified atom stereocenters. The molecule has 0 heterocycles. The molecular formula is C15H23BrO. The molecule has 0 aliphatic carbocycles. The smallest absolute Gasteiger partial charge is 0.124 e. The first-order chi connectivity index (χ1) is 8.10. The van der Waals surface area contributed by atoms with Crippen LogP contribution in [0.2, 0.25) is 0 Å². The Bertz CT molecular complexity index is 337. The van der Waals surface area contributed by atoms with Crippen molar-refractivity contribution in [3.05, 3.63) is 28.8 Å². The second-order valence-corrected chi connectivity index (χ2v) is 5.76. The van der Waals surface area contributed by atoms with Crippen molar-refractivity contribution in [2.75, 3.05) is 7.11 Å². The Morgan fingerprint density at radius 1 is 1.18 bits per heavy atom. The maximum absolute atomic E-state index is 5.39. The van der Waals surface area contributed by atoms with Crippen molar-refractivity contribution >= 4 is 15.9 Å². The lowest BCUT2D eigenvalue weighted by Crippen LogP contribution is -1.96. The lowest BCUT2D eigenvalue weighted by molar-refractivity contribution is 0.408. The summed E-state index contributed by atoms with van der Waals surface area (Å²) in [5.41, 5.74) is 3.82. The van der Waals surface area contributed by atoms with Crippen molar-refractivity contribution in [3.8, 4) is 5.75 Å². The number of alkyl halides is 1. The molecular weight excluding hydrogens is 276 g/mol. The van der Waals surface area contributed by atoms with E-state index in [9.17, 15) is 0 Å². The van der Waals surface area contributed by atoms with E-state index in [1.807, 2.05) is 0 Å². The molecule has 1 rings (SSSR count). The highest BCUT2D eigenvalue weighted by atomic mass is 79.9. The maximum atomic E-state index is 5.39. The Kier molecular flexibility index (Phi) is 6.04. The molecule has 0 N–H and O–H groups in total. The standard InChI is InChI=1S/C15H23BrO/c1-5-6-7-8-14(16)13-9-11(2)15(17-4)12(3)10-13/h9-10,14H,5-8H2,1-4H3.